The Bertz CT molecular complexity index is 900. The second kappa shape index (κ2) is 9.61. The van der Waals surface area contributed by atoms with Crippen molar-refractivity contribution in [2.75, 3.05) is 33.8 Å². The highest BCUT2D eigenvalue weighted by molar-refractivity contribution is 6.11. The fourth-order valence-corrected chi connectivity index (χ4v) is 4.99. The lowest BCUT2D eigenvalue weighted by molar-refractivity contribution is -0.136. The van der Waals surface area contributed by atoms with E-state index in [9.17, 15) is 14.0 Å². The third kappa shape index (κ3) is 4.40. The van der Waals surface area contributed by atoms with E-state index < -0.39 is 24.2 Å². The summed E-state index contributed by atoms with van der Waals surface area (Å²) in [5.41, 5.74) is 1.22. The molecule has 1 amide bonds. The van der Waals surface area contributed by atoms with Crippen LogP contribution in [-0.4, -0.2) is 67.6 Å². The number of benzene rings is 1. The Morgan fingerprint density at radius 1 is 1.25 bits per heavy atom. The maximum absolute atomic E-state index is 14.1. The van der Waals surface area contributed by atoms with E-state index in [1.807, 2.05) is 45.3 Å². The zero-order chi connectivity index (χ0) is 22.8. The van der Waals surface area contributed by atoms with Gasteiger partial charge >= 0.3 is 0 Å². The molecule has 2 heterocycles. The Kier molecular flexibility index (Phi) is 6.84. The lowest BCUT2D eigenvalue weighted by atomic mass is 9.77. The highest BCUT2D eigenvalue weighted by Gasteiger charge is 2.52. The van der Waals surface area contributed by atoms with Crippen LogP contribution in [-0.2, 0) is 14.3 Å². The fourth-order valence-electron chi connectivity index (χ4n) is 4.99. The highest BCUT2D eigenvalue weighted by Crippen LogP contribution is 2.47. The molecule has 1 aromatic rings. The van der Waals surface area contributed by atoms with Gasteiger partial charge in [-0.25, -0.2) is 4.39 Å². The lowest BCUT2D eigenvalue weighted by Gasteiger charge is -2.36. The minimum Gasteiger partial charge on any atom is -0.494 e. The predicted octanol–water partition coefficient (Wildman–Crippen LogP) is 3.67. The normalized spacial score (nSPS) is 27.5. The molecule has 1 fully saturated rings. The molecule has 4 rings (SSSR count). The summed E-state index contributed by atoms with van der Waals surface area (Å²) in [5, 5.41) is 0. The van der Waals surface area contributed by atoms with Gasteiger partial charge < -0.3 is 19.3 Å². The van der Waals surface area contributed by atoms with Crippen LogP contribution in [0.15, 0.2) is 35.6 Å². The maximum Gasteiger partial charge on any atom is 0.290 e. The van der Waals surface area contributed by atoms with Gasteiger partial charge in [0.05, 0.1) is 24.1 Å². The summed E-state index contributed by atoms with van der Waals surface area (Å²) in [7, 11) is 3.98. The van der Waals surface area contributed by atoms with E-state index in [1.54, 1.807) is 4.90 Å². The van der Waals surface area contributed by atoms with Crippen LogP contribution in [0, 0.1) is 5.92 Å². The van der Waals surface area contributed by atoms with Crippen LogP contribution in [0.3, 0.4) is 0 Å². The van der Waals surface area contributed by atoms with Crippen LogP contribution in [0.1, 0.15) is 50.6 Å². The van der Waals surface area contributed by atoms with Crippen LogP contribution in [0.2, 0.25) is 0 Å². The standard InChI is InChI=1S/C25H33FN2O4/c1-4-13-31-18-8-5-7-16(14-18)22-21-23(29)19-15-17(26)9-10-20(19)32-24(21)25(30)28(22)12-6-11-27(2)3/h5,7-8,14,17,19-20,22H,4,6,9-13,15H2,1-3H3. The van der Waals surface area contributed by atoms with Crippen LogP contribution in [0.4, 0.5) is 4.39 Å². The third-order valence-electron chi connectivity index (χ3n) is 6.53. The Balaban J connectivity index is 1.69. The van der Waals surface area contributed by atoms with Crippen LogP contribution < -0.4 is 4.74 Å². The first-order valence-corrected chi connectivity index (χ1v) is 11.7. The number of Topliss-reactive ketones (excluding diaryl/α,β-unsaturated/α-hetero) is 1. The summed E-state index contributed by atoms with van der Waals surface area (Å²) in [6.45, 7) is 3.97. The van der Waals surface area contributed by atoms with Gasteiger partial charge in [-0.3, -0.25) is 9.59 Å². The van der Waals surface area contributed by atoms with Gasteiger partial charge in [-0.05, 0) is 70.4 Å². The van der Waals surface area contributed by atoms with Gasteiger partial charge in [0.2, 0.25) is 0 Å². The molecular weight excluding hydrogens is 411 g/mol. The average molecular weight is 445 g/mol. The monoisotopic (exact) mass is 444 g/mol. The molecule has 0 spiro atoms. The summed E-state index contributed by atoms with van der Waals surface area (Å²) >= 11 is 0. The summed E-state index contributed by atoms with van der Waals surface area (Å²) in [5.74, 6) is -0.00952. The van der Waals surface area contributed by atoms with Crippen molar-refractivity contribution in [1.29, 1.82) is 0 Å². The third-order valence-corrected chi connectivity index (χ3v) is 6.53. The molecule has 32 heavy (non-hydrogen) atoms. The van der Waals surface area contributed by atoms with E-state index in [0.29, 0.717) is 37.3 Å². The van der Waals surface area contributed by atoms with Gasteiger partial charge in [0.25, 0.3) is 5.91 Å². The van der Waals surface area contributed by atoms with Crippen molar-refractivity contribution in [2.45, 2.75) is 57.3 Å². The van der Waals surface area contributed by atoms with E-state index in [0.717, 1.165) is 24.9 Å². The molecule has 4 atom stereocenters. The van der Waals surface area contributed by atoms with Crippen molar-refractivity contribution in [3.05, 3.63) is 41.2 Å². The Labute approximate surface area is 189 Å². The number of hydrogen-bond donors (Lipinski definition) is 0. The molecule has 1 aliphatic carbocycles. The average Bonchev–Trinajstić information content (AvgIpc) is 3.05. The molecule has 0 saturated heterocycles. The van der Waals surface area contributed by atoms with Gasteiger partial charge in [0, 0.05) is 6.54 Å². The first-order chi connectivity index (χ1) is 15.4. The van der Waals surface area contributed by atoms with E-state index in [4.69, 9.17) is 9.47 Å². The van der Waals surface area contributed by atoms with E-state index in [-0.39, 0.29) is 23.9 Å². The zero-order valence-electron chi connectivity index (χ0n) is 19.2. The Morgan fingerprint density at radius 2 is 2.06 bits per heavy atom. The van der Waals surface area contributed by atoms with E-state index in [1.165, 1.54) is 0 Å². The SMILES string of the molecule is CCCOc1cccc(C2C3=C(OC4CCC(F)CC4C3=O)C(=O)N2CCCN(C)C)c1. The van der Waals surface area contributed by atoms with Crippen LogP contribution in [0.25, 0.3) is 0 Å². The molecule has 2 aliphatic heterocycles. The second-order valence-electron chi connectivity index (χ2n) is 9.26. The van der Waals surface area contributed by atoms with Crippen molar-refractivity contribution in [3.8, 4) is 5.75 Å². The van der Waals surface area contributed by atoms with Gasteiger partial charge in [-0.1, -0.05) is 19.1 Å². The van der Waals surface area contributed by atoms with E-state index in [2.05, 4.69) is 4.90 Å². The number of alkyl halides is 1. The van der Waals surface area contributed by atoms with Crippen LogP contribution >= 0.6 is 0 Å². The number of ketones is 1. The molecule has 6 nitrogen and oxygen atoms in total. The van der Waals surface area contributed by atoms with Crippen LogP contribution in [0.5, 0.6) is 5.75 Å². The molecule has 0 radical (unpaired) electrons. The summed E-state index contributed by atoms with van der Waals surface area (Å²) in [6.07, 6.45) is 1.27. The van der Waals surface area contributed by atoms with Crippen molar-refractivity contribution in [2.24, 2.45) is 5.92 Å². The first kappa shape index (κ1) is 22.8. The molecule has 0 bridgehead atoms. The largest absolute Gasteiger partial charge is 0.494 e. The van der Waals surface area contributed by atoms with Gasteiger partial charge in [-0.15, -0.1) is 0 Å². The topological polar surface area (TPSA) is 59.1 Å². The Morgan fingerprint density at radius 3 is 2.81 bits per heavy atom. The second-order valence-corrected chi connectivity index (χ2v) is 9.26. The van der Waals surface area contributed by atoms with Crippen molar-refractivity contribution in [3.63, 3.8) is 0 Å². The molecule has 3 aliphatic rings. The number of rotatable bonds is 8. The van der Waals surface area contributed by atoms with Crippen molar-refractivity contribution in [1.82, 2.24) is 9.80 Å². The number of nitrogens with zero attached hydrogens (tertiary/aromatic N) is 2. The number of carbonyl (C=O) groups excluding carboxylic acids is 2. The van der Waals surface area contributed by atoms with Gasteiger partial charge in [0.1, 0.15) is 18.0 Å². The van der Waals surface area contributed by atoms with Crippen molar-refractivity contribution >= 4 is 11.7 Å². The summed E-state index contributed by atoms with van der Waals surface area (Å²) in [6, 6.07) is 7.06. The minimum absolute atomic E-state index is 0.132. The zero-order valence-corrected chi connectivity index (χ0v) is 19.2. The minimum atomic E-state index is -0.997. The molecule has 1 aromatic carbocycles. The molecule has 0 N–H and O–H groups in total. The molecule has 174 valence electrons. The highest BCUT2D eigenvalue weighted by atomic mass is 19.1. The maximum atomic E-state index is 14.1. The molecule has 0 aromatic heterocycles. The quantitative estimate of drug-likeness (QED) is 0.612. The molecule has 7 heteroatoms. The number of carbonyl (C=O) groups is 2. The van der Waals surface area contributed by atoms with Crippen molar-refractivity contribution < 1.29 is 23.5 Å². The predicted molar refractivity (Wildman–Crippen MR) is 119 cm³/mol. The molecule has 4 unspecified atom stereocenters. The Hall–Kier alpha value is -2.41. The smallest absolute Gasteiger partial charge is 0.290 e. The van der Waals surface area contributed by atoms with Gasteiger partial charge in [0.15, 0.2) is 11.5 Å². The fraction of sp³-hybridized carbons (Fsp3) is 0.600. The first-order valence-electron chi connectivity index (χ1n) is 11.7. The lowest BCUT2D eigenvalue weighted by Crippen LogP contribution is -2.42. The van der Waals surface area contributed by atoms with Gasteiger partial charge in [-0.2, -0.15) is 0 Å². The van der Waals surface area contributed by atoms with E-state index >= 15 is 0 Å². The molecule has 1 saturated carbocycles. The number of halogens is 1. The number of amides is 1. The number of ether oxygens (including phenoxy) is 2. The summed E-state index contributed by atoms with van der Waals surface area (Å²) in [4.78, 5) is 30.8. The summed E-state index contributed by atoms with van der Waals surface area (Å²) < 4.78 is 26.0. The number of hydrogen-bond acceptors (Lipinski definition) is 5. The number of fused-ring (bicyclic) bond motifs is 1. The molecular formula is C25H33FN2O4.